The molecular weight excluding hydrogens is 521 g/mol. The summed E-state index contributed by atoms with van der Waals surface area (Å²) in [6.07, 6.45) is 0. The summed E-state index contributed by atoms with van der Waals surface area (Å²) in [6.45, 7) is 2.38. The van der Waals surface area contributed by atoms with Gasteiger partial charge < -0.3 is 23.1 Å². The van der Waals surface area contributed by atoms with Crippen LogP contribution < -0.4 is 20.7 Å². The summed E-state index contributed by atoms with van der Waals surface area (Å²) < 4.78 is 28.7. The molecule has 4 aromatic rings. The number of benzene rings is 4. The van der Waals surface area contributed by atoms with Crippen molar-refractivity contribution in [3.05, 3.63) is 119 Å². The van der Waals surface area contributed by atoms with Crippen LogP contribution in [0.15, 0.2) is 97.1 Å². The molecule has 0 amide bonds. The molecule has 39 heavy (non-hydrogen) atoms. The van der Waals surface area contributed by atoms with Gasteiger partial charge in [0.25, 0.3) is 0 Å². The van der Waals surface area contributed by atoms with Crippen LogP contribution in [0.4, 0.5) is 0 Å². The first-order valence-electron chi connectivity index (χ1n) is 13.1. The number of hydrogen-bond acceptors (Lipinski definition) is 5. The first kappa shape index (κ1) is 29.1. The lowest BCUT2D eigenvalue weighted by atomic mass is 10.2. The quantitative estimate of drug-likeness (QED) is 0.223. The molecule has 0 bridgehead atoms. The molecule has 0 aliphatic carbocycles. The molecule has 0 unspecified atom stereocenters. The highest BCUT2D eigenvalue weighted by Gasteiger charge is 2.26. The molecule has 0 spiro atoms. The van der Waals surface area contributed by atoms with Crippen LogP contribution in [0.3, 0.4) is 0 Å². The minimum Gasteiger partial charge on any atom is -0.446 e. The maximum absolute atomic E-state index is 7.35. The maximum atomic E-state index is 7.35. The van der Waals surface area contributed by atoms with Gasteiger partial charge in [-0.1, -0.05) is 97.1 Å². The van der Waals surface area contributed by atoms with Crippen LogP contribution in [-0.4, -0.2) is 46.5 Å². The minimum absolute atomic E-state index is 0.595. The van der Waals surface area contributed by atoms with E-state index in [9.17, 15) is 0 Å². The van der Waals surface area contributed by atoms with Gasteiger partial charge in [-0.25, -0.2) is 0 Å². The Morgan fingerprint density at radius 3 is 0.744 bits per heavy atom. The van der Waals surface area contributed by atoms with Crippen molar-refractivity contribution in [2.24, 2.45) is 0 Å². The number of ether oxygens (including phenoxy) is 4. The van der Waals surface area contributed by atoms with Crippen molar-refractivity contribution in [3.63, 3.8) is 0 Å². The zero-order valence-corrected chi connectivity index (χ0v) is 25.6. The van der Waals surface area contributed by atoms with Gasteiger partial charge in [0.15, 0.2) is 0 Å². The number of hydrogen-bond donors (Lipinski definition) is 0. The monoisotopic (exact) mass is 558 g/mol. The van der Waals surface area contributed by atoms with Crippen LogP contribution in [0.5, 0.6) is 0 Å². The average Bonchev–Trinajstić information content (AvgIpc) is 2.97. The third kappa shape index (κ3) is 8.06. The van der Waals surface area contributed by atoms with Gasteiger partial charge in [0.05, 0.1) is 26.4 Å². The molecule has 4 rings (SSSR count). The van der Waals surface area contributed by atoms with Crippen molar-refractivity contribution in [2.45, 2.75) is 26.4 Å². The fraction of sp³-hybridized carbons (Fsp3) is 0.250. The van der Waals surface area contributed by atoms with E-state index in [1.807, 2.05) is 0 Å². The molecule has 4 aromatic carbocycles. The molecule has 204 valence electrons. The second kappa shape index (κ2) is 15.0. The topological polar surface area (TPSA) is 46.2 Å². The van der Waals surface area contributed by atoms with Crippen molar-refractivity contribution in [1.82, 2.24) is 0 Å². The summed E-state index contributed by atoms with van der Waals surface area (Å²) in [6, 6.07) is 34.9. The van der Waals surface area contributed by atoms with E-state index in [1.54, 1.807) is 28.4 Å². The van der Waals surface area contributed by atoms with Gasteiger partial charge in [0.2, 0.25) is 18.1 Å². The van der Waals surface area contributed by atoms with E-state index < -0.39 is 18.1 Å². The fourth-order valence-electron chi connectivity index (χ4n) is 4.66. The maximum Gasteiger partial charge on any atom is 0.228 e. The Labute approximate surface area is 235 Å². The summed E-state index contributed by atoms with van der Waals surface area (Å²) in [5.41, 5.74) is 4.61. The van der Waals surface area contributed by atoms with E-state index in [1.165, 1.54) is 20.7 Å². The SMILES string of the molecule is COCc1ccc([SiH](O[SiH](c2ccc(COC)cc2)c2ccc(COC)cc2)c2ccc(COC)cc2)cc1. The molecule has 0 saturated heterocycles. The summed E-state index contributed by atoms with van der Waals surface area (Å²) in [5.74, 6) is 0. The lowest BCUT2D eigenvalue weighted by Gasteiger charge is -2.26. The first-order chi connectivity index (χ1) is 19.1. The molecule has 0 aromatic heterocycles. The summed E-state index contributed by atoms with van der Waals surface area (Å²) in [7, 11) is 2.80. The van der Waals surface area contributed by atoms with Crippen LogP contribution in [0, 0.1) is 0 Å². The van der Waals surface area contributed by atoms with E-state index in [-0.39, 0.29) is 0 Å². The Bertz CT molecular complexity index is 1060. The predicted octanol–water partition coefficient (Wildman–Crippen LogP) is 2.66. The Morgan fingerprint density at radius 2 is 0.564 bits per heavy atom. The van der Waals surface area contributed by atoms with E-state index in [0.717, 1.165) is 22.3 Å². The Morgan fingerprint density at radius 1 is 0.359 bits per heavy atom. The van der Waals surface area contributed by atoms with Gasteiger partial charge in [-0.3, -0.25) is 0 Å². The van der Waals surface area contributed by atoms with Gasteiger partial charge in [0, 0.05) is 28.4 Å². The van der Waals surface area contributed by atoms with E-state index in [2.05, 4.69) is 97.1 Å². The number of methoxy groups -OCH3 is 4. The highest BCUT2D eigenvalue weighted by molar-refractivity contribution is 6.91. The van der Waals surface area contributed by atoms with Crippen LogP contribution in [0.1, 0.15) is 22.3 Å². The molecule has 0 fully saturated rings. The largest absolute Gasteiger partial charge is 0.446 e. The van der Waals surface area contributed by atoms with Gasteiger partial charge in [-0.15, -0.1) is 0 Å². The van der Waals surface area contributed by atoms with Crippen LogP contribution in [0.2, 0.25) is 0 Å². The Kier molecular flexibility index (Phi) is 11.2. The molecule has 0 N–H and O–H groups in total. The summed E-state index contributed by atoms with van der Waals surface area (Å²) in [5, 5.41) is 5.00. The molecule has 5 nitrogen and oxygen atoms in total. The van der Waals surface area contributed by atoms with Crippen LogP contribution in [0.25, 0.3) is 0 Å². The number of rotatable bonds is 14. The highest BCUT2D eigenvalue weighted by Crippen LogP contribution is 2.08. The first-order valence-corrected chi connectivity index (χ1v) is 16.4. The average molecular weight is 559 g/mol. The second-order valence-electron chi connectivity index (χ2n) is 9.59. The van der Waals surface area contributed by atoms with Crippen molar-refractivity contribution in [2.75, 3.05) is 28.4 Å². The van der Waals surface area contributed by atoms with Gasteiger partial charge in [-0.05, 0) is 43.0 Å². The second-order valence-corrected chi connectivity index (χ2v) is 14.9. The van der Waals surface area contributed by atoms with Gasteiger partial charge >= 0.3 is 0 Å². The molecule has 0 radical (unpaired) electrons. The zero-order chi connectivity index (χ0) is 27.5. The zero-order valence-electron chi connectivity index (χ0n) is 23.3. The molecule has 0 atom stereocenters. The van der Waals surface area contributed by atoms with Gasteiger partial charge in [0.1, 0.15) is 0 Å². The minimum atomic E-state index is -2.05. The lowest BCUT2D eigenvalue weighted by Crippen LogP contribution is -2.56. The Balaban J connectivity index is 1.74. The fourth-order valence-corrected chi connectivity index (χ4v) is 11.2. The highest BCUT2D eigenvalue weighted by atomic mass is 28.4. The van der Waals surface area contributed by atoms with E-state index in [4.69, 9.17) is 23.1 Å². The molecule has 7 heteroatoms. The normalized spacial score (nSPS) is 11.4. The third-order valence-corrected chi connectivity index (χ3v) is 12.8. The van der Waals surface area contributed by atoms with E-state index in [0.29, 0.717) is 26.4 Å². The van der Waals surface area contributed by atoms with Crippen molar-refractivity contribution >= 4 is 38.8 Å². The standard InChI is InChI=1S/C32H38O5Si2/c1-33-21-25-5-13-29(14-6-25)38(30-15-7-26(8-16-30)22-34-2)37-39(31-17-9-27(10-18-31)23-35-3)32-19-11-28(12-20-32)24-36-4/h5-20,38-39H,21-24H2,1-4H3. The Hall–Kier alpha value is -2.89. The summed E-state index contributed by atoms with van der Waals surface area (Å²) >= 11 is 0. The van der Waals surface area contributed by atoms with Gasteiger partial charge in [-0.2, -0.15) is 0 Å². The smallest absolute Gasteiger partial charge is 0.228 e. The van der Waals surface area contributed by atoms with Crippen molar-refractivity contribution in [1.29, 1.82) is 0 Å². The van der Waals surface area contributed by atoms with Crippen molar-refractivity contribution < 1.29 is 23.1 Å². The lowest BCUT2D eigenvalue weighted by molar-refractivity contribution is 0.185. The van der Waals surface area contributed by atoms with Crippen molar-refractivity contribution in [3.8, 4) is 0 Å². The molecular formula is C32H38O5Si2. The molecule has 0 saturated carbocycles. The molecule has 0 aliphatic heterocycles. The molecule has 0 aliphatic rings. The van der Waals surface area contributed by atoms with Crippen LogP contribution >= 0.6 is 0 Å². The molecule has 0 heterocycles. The van der Waals surface area contributed by atoms with Crippen LogP contribution in [-0.2, 0) is 49.5 Å². The summed E-state index contributed by atoms with van der Waals surface area (Å²) in [4.78, 5) is 0. The predicted molar refractivity (Wildman–Crippen MR) is 163 cm³/mol. The third-order valence-electron chi connectivity index (χ3n) is 6.65. The van der Waals surface area contributed by atoms with E-state index >= 15 is 0 Å².